The summed E-state index contributed by atoms with van der Waals surface area (Å²) in [7, 11) is 0. The molecule has 1 aliphatic rings. The molecule has 0 aliphatic heterocycles. The quantitative estimate of drug-likeness (QED) is 0.819. The Hall–Kier alpha value is -1.02. The average molecular weight is 233 g/mol. The Labute approximate surface area is 104 Å². The fourth-order valence-corrected chi connectivity index (χ4v) is 2.45. The number of rotatable bonds is 5. The van der Waals surface area contributed by atoms with Crippen LogP contribution in [0.5, 0.6) is 0 Å². The Morgan fingerprint density at radius 1 is 1.18 bits per heavy atom. The van der Waals surface area contributed by atoms with Gasteiger partial charge < -0.3 is 10.4 Å². The number of aliphatic hydroxyl groups is 1. The fraction of sp³-hybridized carbons (Fsp3) is 0.600. The summed E-state index contributed by atoms with van der Waals surface area (Å²) in [6, 6.07) is 6.60. The molecule has 0 saturated heterocycles. The van der Waals surface area contributed by atoms with Gasteiger partial charge in [0.05, 0.1) is 5.60 Å². The van der Waals surface area contributed by atoms with Gasteiger partial charge in [-0.3, -0.25) is 0 Å². The van der Waals surface area contributed by atoms with E-state index in [9.17, 15) is 5.11 Å². The maximum Gasteiger partial charge on any atom is 0.0814 e. The highest BCUT2D eigenvalue weighted by Crippen LogP contribution is 2.25. The molecule has 1 aromatic rings. The van der Waals surface area contributed by atoms with Crippen LogP contribution in [0.25, 0.3) is 0 Å². The van der Waals surface area contributed by atoms with Crippen LogP contribution >= 0.6 is 0 Å². The van der Waals surface area contributed by atoms with Gasteiger partial charge in [0.2, 0.25) is 0 Å². The SMILES string of the molecule is CCC(O)(CC)CNc1ccc2c(c1)CCC2. The molecule has 0 aromatic heterocycles. The molecule has 2 rings (SSSR count). The number of benzene rings is 1. The molecule has 1 aromatic carbocycles. The second-order valence-electron chi connectivity index (χ2n) is 5.12. The van der Waals surface area contributed by atoms with Gasteiger partial charge in [0, 0.05) is 12.2 Å². The van der Waals surface area contributed by atoms with Gasteiger partial charge in [-0.15, -0.1) is 0 Å². The van der Waals surface area contributed by atoms with E-state index in [-0.39, 0.29) is 0 Å². The summed E-state index contributed by atoms with van der Waals surface area (Å²) in [5, 5.41) is 13.6. The van der Waals surface area contributed by atoms with E-state index in [2.05, 4.69) is 23.5 Å². The van der Waals surface area contributed by atoms with Gasteiger partial charge in [0.15, 0.2) is 0 Å². The first-order valence-electron chi connectivity index (χ1n) is 6.75. The van der Waals surface area contributed by atoms with Gasteiger partial charge in [0.25, 0.3) is 0 Å². The number of nitrogens with one attached hydrogen (secondary N) is 1. The number of aryl methyl sites for hydroxylation is 2. The minimum absolute atomic E-state index is 0.570. The summed E-state index contributed by atoms with van der Waals surface area (Å²) in [6.45, 7) is 4.71. The highest BCUT2D eigenvalue weighted by molar-refractivity contribution is 5.50. The van der Waals surface area contributed by atoms with E-state index in [1.807, 2.05) is 13.8 Å². The van der Waals surface area contributed by atoms with Crippen LogP contribution in [0.1, 0.15) is 44.2 Å². The first-order chi connectivity index (χ1) is 8.17. The zero-order valence-corrected chi connectivity index (χ0v) is 10.9. The third kappa shape index (κ3) is 2.81. The molecule has 17 heavy (non-hydrogen) atoms. The molecule has 0 amide bonds. The van der Waals surface area contributed by atoms with Crippen LogP contribution in [-0.4, -0.2) is 17.3 Å². The van der Waals surface area contributed by atoms with Gasteiger partial charge in [-0.05, 0) is 55.4 Å². The van der Waals surface area contributed by atoms with Gasteiger partial charge in [-0.1, -0.05) is 19.9 Å². The Balaban J connectivity index is 2.00. The lowest BCUT2D eigenvalue weighted by molar-refractivity contribution is 0.0457. The first-order valence-corrected chi connectivity index (χ1v) is 6.75. The maximum atomic E-state index is 10.2. The van der Waals surface area contributed by atoms with Crippen molar-refractivity contribution < 1.29 is 5.11 Å². The summed E-state index contributed by atoms with van der Waals surface area (Å²) in [4.78, 5) is 0. The molecule has 0 bridgehead atoms. The molecule has 0 spiro atoms. The molecule has 0 radical (unpaired) electrons. The van der Waals surface area contributed by atoms with Crippen LogP contribution in [0.15, 0.2) is 18.2 Å². The molecule has 2 nitrogen and oxygen atoms in total. The zero-order chi connectivity index (χ0) is 12.3. The lowest BCUT2D eigenvalue weighted by atomic mass is 9.97. The second-order valence-corrected chi connectivity index (χ2v) is 5.12. The zero-order valence-electron chi connectivity index (χ0n) is 10.9. The normalized spacial score (nSPS) is 14.8. The molecular weight excluding hydrogens is 210 g/mol. The summed E-state index contributed by atoms with van der Waals surface area (Å²) in [5.41, 5.74) is 3.55. The maximum absolute atomic E-state index is 10.2. The Morgan fingerprint density at radius 2 is 1.88 bits per heavy atom. The van der Waals surface area contributed by atoms with Crippen molar-refractivity contribution in [3.8, 4) is 0 Å². The molecule has 1 aliphatic carbocycles. The van der Waals surface area contributed by atoms with Crippen LogP contribution < -0.4 is 5.32 Å². The van der Waals surface area contributed by atoms with Crippen LogP contribution in [0.3, 0.4) is 0 Å². The predicted molar refractivity (Wildman–Crippen MR) is 72.5 cm³/mol. The smallest absolute Gasteiger partial charge is 0.0814 e. The minimum atomic E-state index is -0.570. The monoisotopic (exact) mass is 233 g/mol. The van der Waals surface area contributed by atoms with Crippen molar-refractivity contribution in [2.24, 2.45) is 0 Å². The lowest BCUT2D eigenvalue weighted by Crippen LogP contribution is -2.35. The van der Waals surface area contributed by atoms with Crippen molar-refractivity contribution in [1.82, 2.24) is 0 Å². The molecule has 2 heteroatoms. The standard InChI is InChI=1S/C15H23NO/c1-3-15(17,4-2)11-16-14-9-8-12-6-5-7-13(12)10-14/h8-10,16-17H,3-7,11H2,1-2H3. The number of hydrogen-bond acceptors (Lipinski definition) is 2. The van der Waals surface area contributed by atoms with Crippen molar-refractivity contribution in [2.75, 3.05) is 11.9 Å². The predicted octanol–water partition coefficient (Wildman–Crippen LogP) is 3.14. The van der Waals surface area contributed by atoms with E-state index in [4.69, 9.17) is 0 Å². The van der Waals surface area contributed by atoms with Crippen LogP contribution in [0.2, 0.25) is 0 Å². The largest absolute Gasteiger partial charge is 0.388 e. The van der Waals surface area contributed by atoms with E-state index in [1.165, 1.54) is 30.4 Å². The minimum Gasteiger partial charge on any atom is -0.388 e. The van der Waals surface area contributed by atoms with E-state index >= 15 is 0 Å². The molecule has 0 unspecified atom stereocenters. The van der Waals surface area contributed by atoms with Gasteiger partial charge in [-0.25, -0.2) is 0 Å². The molecule has 2 N–H and O–H groups in total. The molecular formula is C15H23NO. The molecule has 0 fully saturated rings. The number of anilines is 1. The van der Waals surface area contributed by atoms with Crippen molar-refractivity contribution >= 4 is 5.69 Å². The summed E-state index contributed by atoms with van der Waals surface area (Å²) in [5.74, 6) is 0. The lowest BCUT2D eigenvalue weighted by Gasteiger charge is -2.26. The Bertz CT molecular complexity index is 383. The van der Waals surface area contributed by atoms with Gasteiger partial charge >= 0.3 is 0 Å². The average Bonchev–Trinajstić information content (AvgIpc) is 2.83. The second kappa shape index (κ2) is 5.09. The topological polar surface area (TPSA) is 32.3 Å². The van der Waals surface area contributed by atoms with E-state index < -0.39 is 5.60 Å². The first kappa shape index (κ1) is 12.4. The van der Waals surface area contributed by atoms with Gasteiger partial charge in [0.1, 0.15) is 0 Å². The van der Waals surface area contributed by atoms with Crippen LogP contribution in [0, 0.1) is 0 Å². The number of hydrogen-bond donors (Lipinski definition) is 2. The van der Waals surface area contributed by atoms with Crippen LogP contribution in [-0.2, 0) is 12.8 Å². The molecule has 0 atom stereocenters. The van der Waals surface area contributed by atoms with E-state index in [0.717, 1.165) is 18.5 Å². The van der Waals surface area contributed by atoms with Crippen molar-refractivity contribution in [2.45, 2.75) is 51.6 Å². The summed E-state index contributed by atoms with van der Waals surface area (Å²) in [6.07, 6.45) is 5.30. The van der Waals surface area contributed by atoms with E-state index in [0.29, 0.717) is 6.54 Å². The highest BCUT2D eigenvalue weighted by atomic mass is 16.3. The molecule has 0 saturated carbocycles. The summed E-state index contributed by atoms with van der Waals surface area (Å²) < 4.78 is 0. The molecule has 94 valence electrons. The number of fused-ring (bicyclic) bond motifs is 1. The van der Waals surface area contributed by atoms with Crippen molar-refractivity contribution in [1.29, 1.82) is 0 Å². The third-order valence-corrected chi connectivity index (χ3v) is 4.04. The van der Waals surface area contributed by atoms with Crippen LogP contribution in [0.4, 0.5) is 5.69 Å². The van der Waals surface area contributed by atoms with Crippen molar-refractivity contribution in [3.05, 3.63) is 29.3 Å². The van der Waals surface area contributed by atoms with E-state index in [1.54, 1.807) is 0 Å². The Morgan fingerprint density at radius 3 is 2.59 bits per heavy atom. The Kier molecular flexibility index (Phi) is 3.72. The van der Waals surface area contributed by atoms with Gasteiger partial charge in [-0.2, -0.15) is 0 Å². The third-order valence-electron chi connectivity index (χ3n) is 4.04. The highest BCUT2D eigenvalue weighted by Gasteiger charge is 2.21. The van der Waals surface area contributed by atoms with Crippen molar-refractivity contribution in [3.63, 3.8) is 0 Å². The molecule has 0 heterocycles. The summed E-state index contributed by atoms with van der Waals surface area (Å²) >= 11 is 0. The fourth-order valence-electron chi connectivity index (χ4n) is 2.45.